The molecule has 1 aromatic carbocycles. The van der Waals surface area contributed by atoms with Gasteiger partial charge in [-0.15, -0.1) is 0 Å². The van der Waals surface area contributed by atoms with Gasteiger partial charge in [0.1, 0.15) is 0 Å². The third kappa shape index (κ3) is 2.39. The maximum atomic E-state index is 5.26. The Hall–Kier alpha value is -0.860. The normalized spacial score (nSPS) is 25.7. The summed E-state index contributed by atoms with van der Waals surface area (Å²) >= 11 is 0. The first-order valence-electron chi connectivity index (χ1n) is 5.60. The van der Waals surface area contributed by atoms with E-state index in [2.05, 4.69) is 36.5 Å². The predicted molar refractivity (Wildman–Crippen MR) is 61.9 cm³/mol. The van der Waals surface area contributed by atoms with Crippen LogP contribution in [-0.2, 0) is 4.74 Å². The Bertz CT molecular complexity index is 307. The van der Waals surface area contributed by atoms with E-state index in [9.17, 15) is 0 Å². The van der Waals surface area contributed by atoms with E-state index in [1.807, 2.05) is 0 Å². The lowest BCUT2D eigenvalue weighted by Gasteiger charge is -2.19. The zero-order chi connectivity index (χ0) is 10.7. The lowest BCUT2D eigenvalue weighted by Crippen LogP contribution is -2.20. The highest BCUT2D eigenvalue weighted by Crippen LogP contribution is 2.29. The van der Waals surface area contributed by atoms with Gasteiger partial charge in [0.25, 0.3) is 0 Å². The molecule has 1 saturated heterocycles. The molecular weight excluding hydrogens is 186 g/mol. The lowest BCUT2D eigenvalue weighted by atomic mass is 9.94. The molecule has 0 aliphatic carbocycles. The molecule has 1 aliphatic heterocycles. The molecule has 0 amide bonds. The summed E-state index contributed by atoms with van der Waals surface area (Å²) in [5.74, 6) is 0.623. The molecule has 0 bridgehead atoms. The Morgan fingerprint density at radius 1 is 1.33 bits per heavy atom. The van der Waals surface area contributed by atoms with Crippen LogP contribution in [0.1, 0.15) is 23.6 Å². The molecule has 82 valence electrons. The van der Waals surface area contributed by atoms with E-state index in [1.54, 1.807) is 7.11 Å². The van der Waals surface area contributed by atoms with Crippen LogP contribution in [0.15, 0.2) is 24.3 Å². The van der Waals surface area contributed by atoms with Crippen molar-refractivity contribution < 1.29 is 4.74 Å². The second kappa shape index (κ2) is 4.77. The van der Waals surface area contributed by atoms with Gasteiger partial charge in [-0.1, -0.05) is 29.8 Å². The molecule has 1 aliphatic rings. The van der Waals surface area contributed by atoms with Crippen LogP contribution in [0.25, 0.3) is 0 Å². The summed E-state index contributed by atoms with van der Waals surface area (Å²) in [5.41, 5.74) is 2.71. The Morgan fingerprint density at radius 3 is 2.73 bits per heavy atom. The van der Waals surface area contributed by atoms with Gasteiger partial charge in [-0.25, -0.2) is 0 Å². The highest BCUT2D eigenvalue weighted by Gasteiger charge is 2.27. The number of benzene rings is 1. The molecular formula is C13H19NO. The summed E-state index contributed by atoms with van der Waals surface area (Å²) in [6.45, 7) is 4.08. The van der Waals surface area contributed by atoms with Gasteiger partial charge < -0.3 is 10.1 Å². The number of hydrogen-bond acceptors (Lipinski definition) is 2. The largest absolute Gasteiger partial charge is 0.384 e. The molecule has 2 rings (SSSR count). The molecule has 2 nitrogen and oxygen atoms in total. The van der Waals surface area contributed by atoms with Crippen molar-refractivity contribution in [2.45, 2.75) is 19.4 Å². The minimum absolute atomic E-state index is 0.477. The summed E-state index contributed by atoms with van der Waals surface area (Å²) in [5, 5.41) is 3.55. The highest BCUT2D eigenvalue weighted by atomic mass is 16.5. The summed E-state index contributed by atoms with van der Waals surface area (Å²) < 4.78 is 5.26. The number of aryl methyl sites for hydroxylation is 1. The third-order valence-corrected chi connectivity index (χ3v) is 3.17. The molecule has 0 spiro atoms. The van der Waals surface area contributed by atoms with Crippen molar-refractivity contribution in [3.8, 4) is 0 Å². The predicted octanol–water partition coefficient (Wildman–Crippen LogP) is 2.29. The molecule has 15 heavy (non-hydrogen) atoms. The van der Waals surface area contributed by atoms with Crippen LogP contribution in [0.2, 0.25) is 0 Å². The summed E-state index contributed by atoms with van der Waals surface area (Å²) in [6, 6.07) is 9.28. The monoisotopic (exact) mass is 205 g/mol. The number of nitrogens with one attached hydrogen (secondary N) is 1. The van der Waals surface area contributed by atoms with Crippen LogP contribution in [0.5, 0.6) is 0 Å². The van der Waals surface area contributed by atoms with Crippen LogP contribution in [-0.4, -0.2) is 20.3 Å². The molecule has 1 N–H and O–H groups in total. The molecule has 0 aromatic heterocycles. The summed E-state index contributed by atoms with van der Waals surface area (Å²) in [7, 11) is 1.78. The second-order valence-electron chi connectivity index (χ2n) is 4.35. The van der Waals surface area contributed by atoms with Crippen molar-refractivity contribution in [2.75, 3.05) is 20.3 Å². The van der Waals surface area contributed by atoms with Crippen LogP contribution in [0, 0.1) is 12.8 Å². The Balaban J connectivity index is 2.11. The van der Waals surface area contributed by atoms with Gasteiger partial charge >= 0.3 is 0 Å². The SMILES string of the molecule is COCC1CCNC1c1ccc(C)cc1. The van der Waals surface area contributed by atoms with E-state index >= 15 is 0 Å². The average molecular weight is 205 g/mol. The van der Waals surface area contributed by atoms with Gasteiger partial charge in [0, 0.05) is 19.1 Å². The maximum Gasteiger partial charge on any atom is 0.0509 e. The third-order valence-electron chi connectivity index (χ3n) is 3.17. The van der Waals surface area contributed by atoms with Gasteiger partial charge in [-0.05, 0) is 25.5 Å². The number of ether oxygens (including phenoxy) is 1. The Kier molecular flexibility index (Phi) is 3.39. The van der Waals surface area contributed by atoms with Crippen molar-refractivity contribution >= 4 is 0 Å². The van der Waals surface area contributed by atoms with Gasteiger partial charge in [0.2, 0.25) is 0 Å². The Morgan fingerprint density at radius 2 is 2.07 bits per heavy atom. The fourth-order valence-corrected chi connectivity index (χ4v) is 2.32. The van der Waals surface area contributed by atoms with Gasteiger partial charge in [-0.2, -0.15) is 0 Å². The zero-order valence-electron chi connectivity index (χ0n) is 9.49. The molecule has 1 fully saturated rings. The second-order valence-corrected chi connectivity index (χ2v) is 4.35. The van der Waals surface area contributed by atoms with Crippen LogP contribution in [0.4, 0.5) is 0 Å². The first kappa shape index (κ1) is 10.7. The van der Waals surface area contributed by atoms with Crippen molar-refractivity contribution in [3.05, 3.63) is 35.4 Å². The van der Waals surface area contributed by atoms with E-state index in [4.69, 9.17) is 4.74 Å². The zero-order valence-corrected chi connectivity index (χ0v) is 9.49. The molecule has 2 heteroatoms. The van der Waals surface area contributed by atoms with Crippen LogP contribution in [0.3, 0.4) is 0 Å². The fraction of sp³-hybridized carbons (Fsp3) is 0.538. The van der Waals surface area contributed by atoms with Crippen molar-refractivity contribution in [3.63, 3.8) is 0 Å². The standard InChI is InChI=1S/C13H19NO/c1-10-3-5-11(6-4-10)13-12(9-15-2)7-8-14-13/h3-6,12-14H,7-9H2,1-2H3. The molecule has 2 unspecified atom stereocenters. The average Bonchev–Trinajstić information content (AvgIpc) is 2.68. The molecule has 0 radical (unpaired) electrons. The van der Waals surface area contributed by atoms with Gasteiger partial charge in [0.15, 0.2) is 0 Å². The first-order chi connectivity index (χ1) is 7.31. The van der Waals surface area contributed by atoms with E-state index < -0.39 is 0 Å². The number of rotatable bonds is 3. The maximum absolute atomic E-state index is 5.26. The topological polar surface area (TPSA) is 21.3 Å². The van der Waals surface area contributed by atoms with E-state index in [0.717, 1.165) is 13.2 Å². The molecule has 2 atom stereocenters. The van der Waals surface area contributed by atoms with E-state index in [1.165, 1.54) is 17.5 Å². The first-order valence-corrected chi connectivity index (χ1v) is 5.60. The molecule has 1 heterocycles. The summed E-state index contributed by atoms with van der Waals surface area (Å²) in [4.78, 5) is 0. The van der Waals surface area contributed by atoms with Crippen LogP contribution < -0.4 is 5.32 Å². The van der Waals surface area contributed by atoms with Crippen molar-refractivity contribution in [1.82, 2.24) is 5.32 Å². The fourth-order valence-electron chi connectivity index (χ4n) is 2.32. The molecule has 0 saturated carbocycles. The summed E-state index contributed by atoms with van der Waals surface area (Å²) in [6.07, 6.45) is 1.21. The number of hydrogen-bond donors (Lipinski definition) is 1. The quantitative estimate of drug-likeness (QED) is 0.817. The highest BCUT2D eigenvalue weighted by molar-refractivity contribution is 5.25. The van der Waals surface area contributed by atoms with E-state index in [-0.39, 0.29) is 0 Å². The molecule has 1 aromatic rings. The Labute approximate surface area is 91.6 Å². The van der Waals surface area contributed by atoms with E-state index in [0.29, 0.717) is 12.0 Å². The van der Waals surface area contributed by atoms with Gasteiger partial charge in [0.05, 0.1) is 6.61 Å². The minimum atomic E-state index is 0.477. The van der Waals surface area contributed by atoms with Gasteiger partial charge in [-0.3, -0.25) is 0 Å². The smallest absolute Gasteiger partial charge is 0.0509 e. The van der Waals surface area contributed by atoms with Crippen molar-refractivity contribution in [2.24, 2.45) is 5.92 Å². The van der Waals surface area contributed by atoms with Crippen LogP contribution >= 0.6 is 0 Å². The van der Waals surface area contributed by atoms with Crippen molar-refractivity contribution in [1.29, 1.82) is 0 Å². The number of methoxy groups -OCH3 is 1. The lowest BCUT2D eigenvalue weighted by molar-refractivity contribution is 0.145. The minimum Gasteiger partial charge on any atom is -0.384 e.